The largest absolute Gasteiger partial charge is 0.480 e. The summed E-state index contributed by atoms with van der Waals surface area (Å²) in [7, 11) is 0.948. The maximum atomic E-state index is 12.5. The Kier molecular flexibility index (Phi) is 3.46. The first kappa shape index (κ1) is 9.83. The molecule has 0 aromatic rings. The second kappa shape index (κ2) is 3.87. The summed E-state index contributed by atoms with van der Waals surface area (Å²) in [5, 5.41) is 8.12. The number of methoxy groups -OCH3 is 1. The number of alkyl halides is 1. The van der Waals surface area contributed by atoms with E-state index in [1.807, 2.05) is 0 Å². The molecule has 0 aromatic carbocycles. The highest BCUT2D eigenvalue weighted by Crippen LogP contribution is 1.98. The summed E-state index contributed by atoms with van der Waals surface area (Å²) in [6, 6.07) is -1.86. The van der Waals surface area contributed by atoms with Crippen molar-refractivity contribution in [2.45, 2.75) is 12.2 Å². The number of ether oxygens (including phenoxy) is 1. The normalized spacial score (nSPS) is 15.2. The van der Waals surface area contributed by atoms with Crippen LogP contribution in [0.25, 0.3) is 0 Å². The summed E-state index contributed by atoms with van der Waals surface area (Å²) in [6.07, 6.45) is -2.31. The Morgan fingerprint density at radius 2 is 2.09 bits per heavy atom. The molecule has 2 unspecified atom stereocenters. The Bertz CT molecular complexity index is 172. The third-order valence-corrected chi connectivity index (χ3v) is 1.03. The van der Waals surface area contributed by atoms with Gasteiger partial charge in [0.15, 0.2) is 0 Å². The van der Waals surface area contributed by atoms with Crippen LogP contribution in [0, 0.1) is 0 Å². The van der Waals surface area contributed by atoms with Crippen LogP contribution >= 0.6 is 0 Å². The van der Waals surface area contributed by atoms with Crippen molar-refractivity contribution in [1.82, 2.24) is 0 Å². The van der Waals surface area contributed by atoms with Gasteiger partial charge in [-0.05, 0) is 0 Å². The zero-order chi connectivity index (χ0) is 9.02. The Morgan fingerprint density at radius 3 is 2.36 bits per heavy atom. The molecule has 6 heteroatoms. The molecule has 3 N–H and O–H groups in total. The van der Waals surface area contributed by atoms with Gasteiger partial charge in [0.25, 0.3) is 0 Å². The van der Waals surface area contributed by atoms with E-state index >= 15 is 0 Å². The first-order valence-electron chi connectivity index (χ1n) is 2.71. The minimum absolute atomic E-state index is 0.948. The Labute approximate surface area is 61.9 Å². The van der Waals surface area contributed by atoms with Gasteiger partial charge in [-0.25, -0.2) is 9.18 Å². The van der Waals surface area contributed by atoms with Crippen LogP contribution in [-0.4, -0.2) is 36.4 Å². The molecule has 0 fully saturated rings. The fourth-order valence-electron chi connectivity index (χ4n) is 0.384. The number of carboxylic acids is 1. The number of carbonyl (C=O) groups excluding carboxylic acids is 1. The van der Waals surface area contributed by atoms with Crippen molar-refractivity contribution in [3.63, 3.8) is 0 Å². The van der Waals surface area contributed by atoms with E-state index in [0.29, 0.717) is 0 Å². The van der Waals surface area contributed by atoms with Gasteiger partial charge in [-0.2, -0.15) is 0 Å². The number of aliphatic carboxylic acids is 1. The van der Waals surface area contributed by atoms with Gasteiger partial charge in [0.05, 0.1) is 7.11 Å². The van der Waals surface area contributed by atoms with E-state index < -0.39 is 24.2 Å². The van der Waals surface area contributed by atoms with Gasteiger partial charge in [0.2, 0.25) is 6.17 Å². The predicted molar refractivity (Wildman–Crippen MR) is 32.5 cm³/mol. The lowest BCUT2D eigenvalue weighted by molar-refractivity contribution is -0.153. The zero-order valence-electron chi connectivity index (χ0n) is 5.78. The van der Waals surface area contributed by atoms with Crippen molar-refractivity contribution < 1.29 is 23.8 Å². The Balaban J connectivity index is 4.12. The fourth-order valence-corrected chi connectivity index (χ4v) is 0.384. The minimum atomic E-state index is -2.31. The zero-order valence-corrected chi connectivity index (χ0v) is 5.78. The van der Waals surface area contributed by atoms with Gasteiger partial charge in [0.1, 0.15) is 6.04 Å². The summed E-state index contributed by atoms with van der Waals surface area (Å²) >= 11 is 0. The van der Waals surface area contributed by atoms with Crippen molar-refractivity contribution in [1.29, 1.82) is 0 Å². The molecule has 0 aromatic heterocycles. The summed E-state index contributed by atoms with van der Waals surface area (Å²) in [5.41, 5.74) is 4.76. The average molecular weight is 165 g/mol. The highest BCUT2D eigenvalue weighted by molar-refractivity contribution is 5.84. The molecule has 0 saturated carbocycles. The number of carbonyl (C=O) groups is 2. The number of rotatable bonds is 3. The number of carboxylic acid groups (broad SMARTS) is 1. The monoisotopic (exact) mass is 165 g/mol. The molecule has 0 aliphatic heterocycles. The second-order valence-electron chi connectivity index (χ2n) is 1.79. The van der Waals surface area contributed by atoms with Gasteiger partial charge < -0.3 is 15.6 Å². The van der Waals surface area contributed by atoms with E-state index in [4.69, 9.17) is 10.8 Å². The molecule has 0 spiro atoms. The predicted octanol–water partition coefficient (Wildman–Crippen LogP) is -1.09. The van der Waals surface area contributed by atoms with Gasteiger partial charge >= 0.3 is 11.9 Å². The van der Waals surface area contributed by atoms with Gasteiger partial charge in [0, 0.05) is 0 Å². The van der Waals surface area contributed by atoms with E-state index in [-0.39, 0.29) is 0 Å². The maximum Gasteiger partial charge on any atom is 0.342 e. The number of hydrogen-bond donors (Lipinski definition) is 2. The standard InChI is InChI=1S/C5H8FNO4/c1-11-5(10)2(6)3(7)4(8)9/h2-3H,7H2,1H3,(H,8,9). The average Bonchev–Trinajstić information content (AvgIpc) is 2.00. The SMILES string of the molecule is COC(=O)C(F)C(N)C(=O)O. The number of esters is 1. The molecular formula is C5H8FNO4. The number of halogens is 1. The van der Waals surface area contributed by atoms with Crippen LogP contribution in [0.2, 0.25) is 0 Å². The van der Waals surface area contributed by atoms with Gasteiger partial charge in [-0.3, -0.25) is 4.79 Å². The molecule has 0 amide bonds. The van der Waals surface area contributed by atoms with Crippen LogP contribution in [0.1, 0.15) is 0 Å². The maximum absolute atomic E-state index is 12.5. The lowest BCUT2D eigenvalue weighted by Crippen LogP contribution is -2.44. The minimum Gasteiger partial charge on any atom is -0.480 e. The summed E-state index contributed by atoms with van der Waals surface area (Å²) in [5.74, 6) is -2.86. The third-order valence-electron chi connectivity index (χ3n) is 1.03. The molecule has 0 saturated heterocycles. The Morgan fingerprint density at radius 1 is 1.64 bits per heavy atom. The smallest absolute Gasteiger partial charge is 0.342 e. The molecule has 0 radical (unpaired) electrons. The molecule has 11 heavy (non-hydrogen) atoms. The molecule has 0 heterocycles. The Hall–Kier alpha value is -1.17. The summed E-state index contributed by atoms with van der Waals surface area (Å²) < 4.78 is 16.4. The number of nitrogens with two attached hydrogens (primary N) is 1. The van der Waals surface area contributed by atoms with Crippen LogP contribution < -0.4 is 5.73 Å². The van der Waals surface area contributed by atoms with Crippen molar-refractivity contribution in [3.8, 4) is 0 Å². The molecule has 0 aliphatic rings. The van der Waals surface area contributed by atoms with E-state index in [0.717, 1.165) is 7.11 Å². The van der Waals surface area contributed by atoms with Crippen molar-refractivity contribution in [2.24, 2.45) is 5.73 Å². The third kappa shape index (κ3) is 2.50. The van der Waals surface area contributed by atoms with Gasteiger partial charge in [-0.1, -0.05) is 0 Å². The van der Waals surface area contributed by atoms with Crippen molar-refractivity contribution in [2.75, 3.05) is 7.11 Å². The highest BCUT2D eigenvalue weighted by atomic mass is 19.1. The van der Waals surface area contributed by atoms with Crippen LogP contribution in [0.4, 0.5) is 4.39 Å². The van der Waals surface area contributed by atoms with Crippen molar-refractivity contribution in [3.05, 3.63) is 0 Å². The molecule has 5 nitrogen and oxygen atoms in total. The first-order valence-corrected chi connectivity index (χ1v) is 2.71. The van der Waals surface area contributed by atoms with Crippen molar-refractivity contribution >= 4 is 11.9 Å². The molecule has 0 aliphatic carbocycles. The first-order chi connectivity index (χ1) is 5.00. The van der Waals surface area contributed by atoms with Gasteiger partial charge in [-0.15, -0.1) is 0 Å². The molecule has 0 bridgehead atoms. The van der Waals surface area contributed by atoms with E-state index in [9.17, 15) is 14.0 Å². The van der Waals surface area contributed by atoms with Crippen LogP contribution in [-0.2, 0) is 14.3 Å². The second-order valence-corrected chi connectivity index (χ2v) is 1.79. The van der Waals surface area contributed by atoms with E-state index in [2.05, 4.69) is 4.74 Å². The fraction of sp³-hybridized carbons (Fsp3) is 0.600. The topological polar surface area (TPSA) is 89.6 Å². The highest BCUT2D eigenvalue weighted by Gasteiger charge is 2.31. The summed E-state index contributed by atoms with van der Waals surface area (Å²) in [6.45, 7) is 0. The lowest BCUT2D eigenvalue weighted by atomic mass is 10.2. The quantitative estimate of drug-likeness (QED) is 0.518. The van der Waals surface area contributed by atoms with Crippen LogP contribution in [0.5, 0.6) is 0 Å². The molecule has 0 rings (SSSR count). The molecule has 64 valence electrons. The van der Waals surface area contributed by atoms with E-state index in [1.165, 1.54) is 0 Å². The molecule has 2 atom stereocenters. The molecular weight excluding hydrogens is 157 g/mol. The van der Waals surface area contributed by atoms with Crippen LogP contribution in [0.3, 0.4) is 0 Å². The van der Waals surface area contributed by atoms with E-state index in [1.54, 1.807) is 0 Å². The lowest BCUT2D eigenvalue weighted by Gasteiger charge is -2.08. The summed E-state index contributed by atoms with van der Waals surface area (Å²) in [4.78, 5) is 20.3. The number of hydrogen-bond acceptors (Lipinski definition) is 4. The van der Waals surface area contributed by atoms with Crippen LogP contribution in [0.15, 0.2) is 0 Å².